The maximum absolute atomic E-state index is 13.0. The molecule has 0 aliphatic carbocycles. The number of benzene rings is 2. The third-order valence-corrected chi connectivity index (χ3v) is 4.84. The number of nitrogens with zero attached hydrogens (tertiary/aromatic N) is 3. The summed E-state index contributed by atoms with van der Waals surface area (Å²) >= 11 is 6.85. The van der Waals surface area contributed by atoms with Gasteiger partial charge in [0.25, 0.3) is 5.56 Å². The minimum absolute atomic E-state index is 0.190. The molecule has 0 fully saturated rings. The highest BCUT2D eigenvalue weighted by molar-refractivity contribution is 9.10. The summed E-state index contributed by atoms with van der Waals surface area (Å²) < 4.78 is 8.47. The van der Waals surface area contributed by atoms with E-state index in [9.17, 15) is 4.79 Å². The quantitative estimate of drug-likeness (QED) is 0.496. The zero-order valence-corrected chi connectivity index (χ0v) is 17.5. The Morgan fingerprint density at radius 3 is 2.65 bits per heavy atom. The summed E-state index contributed by atoms with van der Waals surface area (Å²) in [5.74, 6) is 1.32. The normalized spacial score (nSPS) is 11.4. The van der Waals surface area contributed by atoms with Gasteiger partial charge in [-0.15, -0.1) is 0 Å². The van der Waals surface area contributed by atoms with Crippen LogP contribution in [0.1, 0.15) is 24.7 Å². The summed E-state index contributed by atoms with van der Waals surface area (Å²) in [7, 11) is 1.60. The standard InChI is InChI=1S/C19H17Br2N3O2/c1-3-4-18-23-16-7-5-14(21)10-15(16)19(25)24(18)22-11-12-9-13(20)6-8-17(12)26-2/h5-11H,3-4H2,1-2H3. The van der Waals surface area contributed by atoms with Crippen LogP contribution in [0.5, 0.6) is 5.75 Å². The van der Waals surface area contributed by atoms with Crippen LogP contribution in [0.2, 0.25) is 0 Å². The molecule has 0 saturated carbocycles. The second-order valence-corrected chi connectivity index (χ2v) is 7.52. The predicted molar refractivity (Wildman–Crippen MR) is 111 cm³/mol. The minimum Gasteiger partial charge on any atom is -0.496 e. The Labute approximate surface area is 168 Å². The van der Waals surface area contributed by atoms with Gasteiger partial charge in [-0.2, -0.15) is 9.78 Å². The van der Waals surface area contributed by atoms with E-state index in [1.54, 1.807) is 19.4 Å². The molecule has 1 heterocycles. The SMILES string of the molecule is CCCc1nc2ccc(Br)cc2c(=O)n1N=Cc1cc(Br)ccc1OC. The Bertz CT molecular complexity index is 1040. The van der Waals surface area contributed by atoms with E-state index >= 15 is 0 Å². The summed E-state index contributed by atoms with van der Waals surface area (Å²) in [4.78, 5) is 17.6. The minimum atomic E-state index is -0.190. The molecule has 2 aromatic carbocycles. The molecular weight excluding hydrogens is 462 g/mol. The van der Waals surface area contributed by atoms with Crippen LogP contribution in [0, 0.1) is 0 Å². The van der Waals surface area contributed by atoms with Crippen molar-refractivity contribution in [3.63, 3.8) is 0 Å². The van der Waals surface area contributed by atoms with Gasteiger partial charge < -0.3 is 4.74 Å². The molecule has 0 spiro atoms. The van der Waals surface area contributed by atoms with Crippen LogP contribution in [0.25, 0.3) is 10.9 Å². The molecule has 0 saturated heterocycles. The van der Waals surface area contributed by atoms with E-state index in [-0.39, 0.29) is 5.56 Å². The van der Waals surface area contributed by atoms with Crippen molar-refractivity contribution in [2.24, 2.45) is 5.10 Å². The first kappa shape index (κ1) is 18.8. The van der Waals surface area contributed by atoms with Crippen LogP contribution in [0.3, 0.4) is 0 Å². The molecule has 3 aromatic rings. The van der Waals surface area contributed by atoms with Crippen LogP contribution in [0.4, 0.5) is 0 Å². The summed E-state index contributed by atoms with van der Waals surface area (Å²) in [5, 5.41) is 4.95. The lowest BCUT2D eigenvalue weighted by Crippen LogP contribution is -2.22. The maximum Gasteiger partial charge on any atom is 0.282 e. The molecule has 0 bridgehead atoms. The topological polar surface area (TPSA) is 56.5 Å². The number of hydrogen-bond acceptors (Lipinski definition) is 4. The van der Waals surface area contributed by atoms with Crippen molar-refractivity contribution in [2.75, 3.05) is 7.11 Å². The Hall–Kier alpha value is -1.99. The molecule has 7 heteroatoms. The van der Waals surface area contributed by atoms with Crippen molar-refractivity contribution in [2.45, 2.75) is 19.8 Å². The highest BCUT2D eigenvalue weighted by Gasteiger charge is 2.11. The Morgan fingerprint density at radius 2 is 1.92 bits per heavy atom. The van der Waals surface area contributed by atoms with Crippen LogP contribution < -0.4 is 10.3 Å². The van der Waals surface area contributed by atoms with E-state index in [2.05, 4.69) is 41.9 Å². The smallest absolute Gasteiger partial charge is 0.282 e. The first-order chi connectivity index (χ1) is 12.5. The van der Waals surface area contributed by atoms with Gasteiger partial charge in [0, 0.05) is 20.9 Å². The maximum atomic E-state index is 13.0. The van der Waals surface area contributed by atoms with Crippen molar-refractivity contribution in [1.29, 1.82) is 0 Å². The fraction of sp³-hybridized carbons (Fsp3) is 0.211. The molecular formula is C19H17Br2N3O2. The van der Waals surface area contributed by atoms with Crippen LogP contribution in [-0.4, -0.2) is 23.0 Å². The van der Waals surface area contributed by atoms with E-state index in [4.69, 9.17) is 4.74 Å². The average Bonchev–Trinajstić information content (AvgIpc) is 2.62. The van der Waals surface area contributed by atoms with Gasteiger partial charge in [-0.3, -0.25) is 4.79 Å². The lowest BCUT2D eigenvalue weighted by Gasteiger charge is -2.09. The lowest BCUT2D eigenvalue weighted by molar-refractivity contribution is 0.414. The predicted octanol–water partition coefficient (Wildman–Crippen LogP) is 4.76. The number of aromatic nitrogens is 2. The van der Waals surface area contributed by atoms with Gasteiger partial charge in [0.15, 0.2) is 0 Å². The van der Waals surface area contributed by atoms with E-state index in [1.807, 2.05) is 37.3 Å². The Balaban J connectivity index is 2.17. The van der Waals surface area contributed by atoms with Gasteiger partial charge in [0.1, 0.15) is 11.6 Å². The van der Waals surface area contributed by atoms with E-state index in [0.717, 1.165) is 20.9 Å². The van der Waals surface area contributed by atoms with Gasteiger partial charge in [0.2, 0.25) is 0 Å². The molecule has 5 nitrogen and oxygen atoms in total. The molecule has 3 rings (SSSR count). The van der Waals surface area contributed by atoms with Crippen molar-refractivity contribution < 1.29 is 4.74 Å². The second-order valence-electron chi connectivity index (χ2n) is 5.69. The molecule has 0 aliphatic rings. The zero-order chi connectivity index (χ0) is 18.7. The zero-order valence-electron chi connectivity index (χ0n) is 14.4. The van der Waals surface area contributed by atoms with Gasteiger partial charge in [-0.25, -0.2) is 4.98 Å². The van der Waals surface area contributed by atoms with Crippen molar-refractivity contribution in [3.05, 3.63) is 67.1 Å². The molecule has 0 aliphatic heterocycles. The van der Waals surface area contributed by atoms with E-state index < -0.39 is 0 Å². The van der Waals surface area contributed by atoms with Crippen LogP contribution in [0.15, 0.2) is 55.2 Å². The van der Waals surface area contributed by atoms with Gasteiger partial charge in [-0.1, -0.05) is 38.8 Å². The van der Waals surface area contributed by atoms with Crippen molar-refractivity contribution in [1.82, 2.24) is 9.66 Å². The number of fused-ring (bicyclic) bond motifs is 1. The molecule has 26 heavy (non-hydrogen) atoms. The fourth-order valence-electron chi connectivity index (χ4n) is 2.63. The molecule has 0 atom stereocenters. The van der Waals surface area contributed by atoms with E-state index in [0.29, 0.717) is 28.9 Å². The number of ether oxygens (including phenoxy) is 1. The van der Waals surface area contributed by atoms with Gasteiger partial charge in [0.05, 0.1) is 24.2 Å². The first-order valence-corrected chi connectivity index (χ1v) is 9.71. The highest BCUT2D eigenvalue weighted by atomic mass is 79.9. The van der Waals surface area contributed by atoms with Crippen molar-refractivity contribution >= 4 is 49.0 Å². The van der Waals surface area contributed by atoms with Crippen LogP contribution in [-0.2, 0) is 6.42 Å². The second kappa shape index (κ2) is 8.14. The molecule has 0 radical (unpaired) electrons. The molecule has 0 amide bonds. The molecule has 0 N–H and O–H groups in total. The summed E-state index contributed by atoms with van der Waals surface area (Å²) in [6.07, 6.45) is 3.15. The molecule has 134 valence electrons. The lowest BCUT2D eigenvalue weighted by atomic mass is 10.2. The Kier molecular flexibility index (Phi) is 5.88. The summed E-state index contributed by atoms with van der Waals surface area (Å²) in [6, 6.07) is 11.1. The number of aryl methyl sites for hydroxylation is 1. The number of rotatable bonds is 5. The van der Waals surface area contributed by atoms with E-state index in [1.165, 1.54) is 4.68 Å². The average molecular weight is 479 g/mol. The van der Waals surface area contributed by atoms with Gasteiger partial charge >= 0.3 is 0 Å². The number of halogens is 2. The third-order valence-electron chi connectivity index (χ3n) is 3.85. The van der Waals surface area contributed by atoms with Crippen LogP contribution >= 0.6 is 31.9 Å². The summed E-state index contributed by atoms with van der Waals surface area (Å²) in [5.41, 5.74) is 1.25. The highest BCUT2D eigenvalue weighted by Crippen LogP contribution is 2.21. The Morgan fingerprint density at radius 1 is 1.19 bits per heavy atom. The number of methoxy groups -OCH3 is 1. The molecule has 1 aromatic heterocycles. The monoisotopic (exact) mass is 477 g/mol. The van der Waals surface area contributed by atoms with Crippen molar-refractivity contribution in [3.8, 4) is 5.75 Å². The van der Waals surface area contributed by atoms with Gasteiger partial charge in [-0.05, 0) is 42.8 Å². The number of hydrogen-bond donors (Lipinski definition) is 0. The molecule has 0 unspecified atom stereocenters. The first-order valence-electron chi connectivity index (χ1n) is 8.12. The largest absolute Gasteiger partial charge is 0.496 e. The third kappa shape index (κ3) is 3.88. The fourth-order valence-corrected chi connectivity index (χ4v) is 3.37. The summed E-state index contributed by atoms with van der Waals surface area (Å²) in [6.45, 7) is 2.04.